The second-order valence-electron chi connectivity index (χ2n) is 8.03. The molecule has 184 valence electrons. The fraction of sp³-hybridized carbons (Fsp3) is 0.292. The summed E-state index contributed by atoms with van der Waals surface area (Å²) in [5.74, 6) is -0.946. The van der Waals surface area contributed by atoms with E-state index >= 15 is 0 Å². The van der Waals surface area contributed by atoms with E-state index in [0.29, 0.717) is 24.2 Å². The van der Waals surface area contributed by atoms with Gasteiger partial charge in [0.1, 0.15) is 18.3 Å². The summed E-state index contributed by atoms with van der Waals surface area (Å²) in [5.41, 5.74) is 0.844. The zero-order valence-corrected chi connectivity index (χ0v) is 19.2. The van der Waals surface area contributed by atoms with E-state index in [-0.39, 0.29) is 34.7 Å². The van der Waals surface area contributed by atoms with Gasteiger partial charge in [-0.3, -0.25) is 14.3 Å². The number of nitrogens with zero attached hydrogens (tertiary/aromatic N) is 3. The minimum Gasteiger partial charge on any atom is -0.405 e. The number of hydrogen-bond donors (Lipinski definition) is 1. The van der Waals surface area contributed by atoms with Gasteiger partial charge in [0.2, 0.25) is 11.8 Å². The summed E-state index contributed by atoms with van der Waals surface area (Å²) >= 11 is 6.37. The minimum atomic E-state index is -4.85. The Morgan fingerprint density at radius 1 is 1.11 bits per heavy atom. The Bertz CT molecular complexity index is 1200. The van der Waals surface area contributed by atoms with Gasteiger partial charge in [0.25, 0.3) is 0 Å². The molecule has 1 N–H and O–H groups in total. The van der Waals surface area contributed by atoms with Crippen molar-refractivity contribution >= 4 is 29.1 Å². The molecule has 2 amide bonds. The van der Waals surface area contributed by atoms with Gasteiger partial charge in [0.05, 0.1) is 5.02 Å². The molecule has 1 aromatic heterocycles. The molecule has 1 aliphatic rings. The highest BCUT2D eigenvalue weighted by molar-refractivity contribution is 6.33. The van der Waals surface area contributed by atoms with E-state index in [0.717, 1.165) is 12.8 Å². The Kier molecular flexibility index (Phi) is 7.30. The van der Waals surface area contributed by atoms with Gasteiger partial charge in [0.15, 0.2) is 0 Å². The molecule has 2 heterocycles. The zero-order valence-electron chi connectivity index (χ0n) is 18.5. The zero-order chi connectivity index (χ0) is 25.0. The van der Waals surface area contributed by atoms with Gasteiger partial charge < -0.3 is 15.0 Å². The first-order chi connectivity index (χ1) is 16.7. The Morgan fingerprint density at radius 3 is 2.63 bits per heavy atom. The number of alkyl halides is 3. The van der Waals surface area contributed by atoms with Crippen LogP contribution in [-0.2, 0) is 16.1 Å². The molecule has 0 bridgehead atoms. The maximum atomic E-state index is 13.0. The van der Waals surface area contributed by atoms with Crippen LogP contribution < -0.4 is 10.1 Å². The molecule has 11 heteroatoms. The number of para-hydroxylation sites is 1. The normalized spacial score (nSPS) is 16.1. The molecule has 4 rings (SSSR count). The number of carbonyl (C=O) groups excluding carboxylic acids is 2. The first kappa shape index (κ1) is 24.6. The number of likely N-dealkylation sites (tertiary alicyclic amines) is 1. The Morgan fingerprint density at radius 2 is 1.91 bits per heavy atom. The molecular weight excluding hydrogens is 485 g/mol. The molecule has 0 unspecified atom stereocenters. The van der Waals surface area contributed by atoms with Crippen molar-refractivity contribution in [1.82, 2.24) is 14.7 Å². The fourth-order valence-electron chi connectivity index (χ4n) is 4.07. The van der Waals surface area contributed by atoms with Gasteiger partial charge in [-0.05, 0) is 43.5 Å². The third kappa shape index (κ3) is 6.13. The van der Waals surface area contributed by atoms with Crippen molar-refractivity contribution in [2.45, 2.75) is 38.2 Å². The second-order valence-corrected chi connectivity index (χ2v) is 8.44. The summed E-state index contributed by atoms with van der Waals surface area (Å²) in [4.78, 5) is 27.4. The number of benzene rings is 2. The number of rotatable bonds is 6. The number of nitrogens with one attached hydrogen (secondary N) is 1. The molecule has 0 saturated carbocycles. The van der Waals surface area contributed by atoms with Gasteiger partial charge in [-0.2, -0.15) is 5.10 Å². The van der Waals surface area contributed by atoms with E-state index < -0.39 is 12.4 Å². The van der Waals surface area contributed by atoms with Gasteiger partial charge >= 0.3 is 6.36 Å². The summed E-state index contributed by atoms with van der Waals surface area (Å²) in [5, 5.41) is 6.95. The number of aromatic nitrogens is 2. The van der Waals surface area contributed by atoms with Crippen molar-refractivity contribution in [3.63, 3.8) is 0 Å². The lowest BCUT2D eigenvalue weighted by molar-refractivity contribution is -0.274. The van der Waals surface area contributed by atoms with Crippen molar-refractivity contribution in [1.29, 1.82) is 0 Å². The molecule has 1 fully saturated rings. The summed E-state index contributed by atoms with van der Waals surface area (Å²) in [6.07, 6.45) is 0.531. The average Bonchev–Trinajstić information content (AvgIpc) is 3.32. The first-order valence-corrected chi connectivity index (χ1v) is 11.3. The van der Waals surface area contributed by atoms with Crippen LogP contribution in [0.3, 0.4) is 0 Å². The number of hydrogen-bond acceptors (Lipinski definition) is 4. The largest absolute Gasteiger partial charge is 0.573 e. The van der Waals surface area contributed by atoms with E-state index in [2.05, 4.69) is 15.2 Å². The molecule has 7 nitrogen and oxygen atoms in total. The van der Waals surface area contributed by atoms with Crippen molar-refractivity contribution in [3.8, 4) is 16.9 Å². The van der Waals surface area contributed by atoms with Crippen LogP contribution >= 0.6 is 11.6 Å². The quantitative estimate of drug-likeness (QED) is 0.503. The highest BCUT2D eigenvalue weighted by Gasteiger charge is 2.33. The first-order valence-electron chi connectivity index (χ1n) is 10.9. The van der Waals surface area contributed by atoms with Crippen LogP contribution in [0.25, 0.3) is 11.1 Å². The fourth-order valence-corrected chi connectivity index (χ4v) is 4.35. The monoisotopic (exact) mass is 506 g/mol. The molecule has 1 aliphatic heterocycles. The van der Waals surface area contributed by atoms with Crippen LogP contribution in [0.15, 0.2) is 60.9 Å². The summed E-state index contributed by atoms with van der Waals surface area (Å²) in [6.45, 7) is 0.505. The number of ether oxygens (including phenoxy) is 1. The van der Waals surface area contributed by atoms with Crippen LogP contribution in [0.1, 0.15) is 19.3 Å². The topological polar surface area (TPSA) is 76.5 Å². The third-order valence-corrected chi connectivity index (χ3v) is 5.93. The van der Waals surface area contributed by atoms with Crippen LogP contribution in [0.4, 0.5) is 18.9 Å². The average molecular weight is 507 g/mol. The van der Waals surface area contributed by atoms with Gasteiger partial charge in [0, 0.05) is 35.8 Å². The molecule has 0 aliphatic carbocycles. The predicted molar refractivity (Wildman–Crippen MR) is 124 cm³/mol. The van der Waals surface area contributed by atoms with Crippen molar-refractivity contribution in [2.75, 3.05) is 11.9 Å². The van der Waals surface area contributed by atoms with E-state index in [4.69, 9.17) is 11.6 Å². The van der Waals surface area contributed by atoms with Crippen molar-refractivity contribution in [3.05, 3.63) is 65.9 Å². The molecular formula is C24H22ClF3N4O3. The molecule has 0 spiro atoms. The van der Waals surface area contributed by atoms with E-state index in [1.165, 1.54) is 35.0 Å². The maximum absolute atomic E-state index is 13.0. The maximum Gasteiger partial charge on any atom is 0.573 e. The molecule has 1 atom stereocenters. The summed E-state index contributed by atoms with van der Waals surface area (Å²) < 4.78 is 44.0. The van der Waals surface area contributed by atoms with E-state index in [9.17, 15) is 22.8 Å². The lowest BCUT2D eigenvalue weighted by atomic mass is 10.0. The van der Waals surface area contributed by atoms with Crippen LogP contribution in [0.5, 0.6) is 5.75 Å². The Hall–Kier alpha value is -3.53. The number of amides is 2. The standard InChI is InChI=1S/C24H22ClF3N4O3/c25-19-14-16(9-10-17(19)18-6-1-2-8-21(18)35-24(26,27)28)30-23(34)20-7-3-4-13-32(20)22(33)15-31-12-5-11-29-31/h1-2,5-6,8-12,14,20H,3-4,7,13,15H2,(H,30,34)/t20-/m1/s1. The molecule has 0 radical (unpaired) electrons. The smallest absolute Gasteiger partial charge is 0.405 e. The lowest BCUT2D eigenvalue weighted by Crippen LogP contribution is -2.51. The van der Waals surface area contributed by atoms with E-state index in [1.54, 1.807) is 35.5 Å². The minimum absolute atomic E-state index is 0.0384. The molecule has 2 aromatic carbocycles. The second kappa shape index (κ2) is 10.4. The molecule has 35 heavy (non-hydrogen) atoms. The van der Waals surface area contributed by atoms with Gasteiger partial charge in [-0.15, -0.1) is 13.2 Å². The van der Waals surface area contributed by atoms with Gasteiger partial charge in [-0.25, -0.2) is 0 Å². The lowest BCUT2D eigenvalue weighted by Gasteiger charge is -2.34. The number of carbonyl (C=O) groups is 2. The van der Waals surface area contributed by atoms with Crippen molar-refractivity contribution < 1.29 is 27.5 Å². The number of halogens is 4. The SMILES string of the molecule is O=C(Nc1ccc(-c2ccccc2OC(F)(F)F)c(Cl)c1)[C@H]1CCCCN1C(=O)Cn1cccn1. The highest BCUT2D eigenvalue weighted by atomic mass is 35.5. The van der Waals surface area contributed by atoms with Gasteiger partial charge in [-0.1, -0.05) is 35.9 Å². The predicted octanol–water partition coefficient (Wildman–Crippen LogP) is 5.12. The third-order valence-electron chi connectivity index (χ3n) is 5.62. The van der Waals surface area contributed by atoms with E-state index in [1.807, 2.05) is 0 Å². The summed E-state index contributed by atoms with van der Waals surface area (Å²) in [6, 6.07) is 11.2. The van der Waals surface area contributed by atoms with Crippen LogP contribution in [-0.4, -0.2) is 45.4 Å². The molecule has 3 aromatic rings. The molecule has 1 saturated heterocycles. The van der Waals surface area contributed by atoms with Crippen molar-refractivity contribution in [2.24, 2.45) is 0 Å². The highest BCUT2D eigenvalue weighted by Crippen LogP contribution is 2.38. The van der Waals surface area contributed by atoms with Crippen LogP contribution in [0, 0.1) is 0 Å². The number of piperidine rings is 1. The summed E-state index contributed by atoms with van der Waals surface area (Å²) in [7, 11) is 0. The Balaban J connectivity index is 1.49. The number of anilines is 1. The Labute approximate surface area is 204 Å². The van der Waals surface area contributed by atoms with Crippen LogP contribution in [0.2, 0.25) is 5.02 Å².